The van der Waals surface area contributed by atoms with Crippen molar-refractivity contribution < 1.29 is 28.5 Å². The predicted molar refractivity (Wildman–Crippen MR) is 156 cm³/mol. The van der Waals surface area contributed by atoms with Crippen molar-refractivity contribution in [2.45, 2.75) is 45.4 Å². The molecule has 3 aromatic carbocycles. The highest BCUT2D eigenvalue weighted by Gasteiger charge is 2.32. The maximum absolute atomic E-state index is 12.5. The highest BCUT2D eigenvalue weighted by molar-refractivity contribution is 6.30. The maximum atomic E-state index is 12.5. The van der Waals surface area contributed by atoms with E-state index in [1.807, 2.05) is 25.1 Å². The van der Waals surface area contributed by atoms with Gasteiger partial charge in [0.1, 0.15) is 28.9 Å². The largest absolute Gasteiger partial charge is 0.493 e. The molecule has 0 spiro atoms. The first-order chi connectivity index (χ1) is 19.8. The number of nitriles is 1. The number of allylic oxidation sites excluding steroid dienone is 1. The van der Waals surface area contributed by atoms with E-state index in [0.717, 1.165) is 30.4 Å². The van der Waals surface area contributed by atoms with Crippen LogP contribution in [0, 0.1) is 18.3 Å². The minimum Gasteiger partial charge on any atom is -0.493 e. The molecule has 0 aliphatic carbocycles. The number of aryl methyl sites for hydroxylation is 1. The summed E-state index contributed by atoms with van der Waals surface area (Å²) in [6.07, 6.45) is 4.40. The lowest BCUT2D eigenvalue weighted by Crippen LogP contribution is -2.22. The number of esters is 1. The molecular formula is C32H33ClN2O6. The molecule has 0 radical (unpaired) electrons. The third kappa shape index (κ3) is 7.24. The Hall–Kier alpha value is -4.35. The van der Waals surface area contributed by atoms with Gasteiger partial charge in [0, 0.05) is 16.7 Å². The summed E-state index contributed by atoms with van der Waals surface area (Å²) in [4.78, 5) is 12.5. The Labute approximate surface area is 245 Å². The molecule has 9 heteroatoms. The van der Waals surface area contributed by atoms with Gasteiger partial charge in [0.15, 0.2) is 18.1 Å². The Morgan fingerprint density at radius 1 is 1.02 bits per heavy atom. The molecule has 1 aliphatic rings. The van der Waals surface area contributed by atoms with Crippen molar-refractivity contribution >= 4 is 17.6 Å². The Morgan fingerprint density at radius 2 is 1.83 bits per heavy atom. The Kier molecular flexibility index (Phi) is 9.99. The van der Waals surface area contributed by atoms with Crippen molar-refractivity contribution in [3.8, 4) is 34.8 Å². The molecule has 8 nitrogen and oxygen atoms in total. The number of methoxy groups -OCH3 is 1. The van der Waals surface area contributed by atoms with E-state index in [1.165, 1.54) is 6.42 Å². The minimum absolute atomic E-state index is 0.0229. The lowest BCUT2D eigenvalue weighted by Gasteiger charge is -2.27. The second-order valence-electron chi connectivity index (χ2n) is 9.62. The van der Waals surface area contributed by atoms with Gasteiger partial charge in [0.2, 0.25) is 5.88 Å². The summed E-state index contributed by atoms with van der Waals surface area (Å²) in [6, 6.07) is 17.8. The predicted octanol–water partition coefficient (Wildman–Crippen LogP) is 6.82. The SMILES string of the molecule is CCCCCCOc1ccc(C2C(C#N)=C(N)Oc3cc(OC(=O)COc4ccc(Cl)cc4C)ccc32)cc1OC. The molecule has 214 valence electrons. The summed E-state index contributed by atoms with van der Waals surface area (Å²) in [5.74, 6) is 1.22. The van der Waals surface area contributed by atoms with Gasteiger partial charge in [-0.3, -0.25) is 0 Å². The van der Waals surface area contributed by atoms with Crippen LogP contribution in [0.25, 0.3) is 0 Å². The highest BCUT2D eigenvalue weighted by atomic mass is 35.5. The zero-order chi connectivity index (χ0) is 29.4. The molecular weight excluding hydrogens is 544 g/mol. The number of fused-ring (bicyclic) bond motifs is 1. The number of hydrogen-bond donors (Lipinski definition) is 1. The van der Waals surface area contributed by atoms with E-state index in [4.69, 9.17) is 41.0 Å². The van der Waals surface area contributed by atoms with Crippen LogP contribution in [-0.4, -0.2) is 26.3 Å². The standard InChI is InChI=1S/C32H33ClN2O6/c1-4-5-6-7-14-38-27-12-8-21(16-29(27)37-3)31-24-11-10-23(17-28(24)41-32(35)25(31)18-34)40-30(36)19-39-26-13-9-22(33)15-20(26)2/h8-13,15-17,31H,4-7,14,19,35H2,1-3H3. The van der Waals surface area contributed by atoms with Crippen LogP contribution in [0.2, 0.25) is 5.02 Å². The van der Waals surface area contributed by atoms with Gasteiger partial charge in [0.05, 0.1) is 19.6 Å². The first-order valence-electron chi connectivity index (χ1n) is 13.5. The van der Waals surface area contributed by atoms with E-state index in [1.54, 1.807) is 43.5 Å². The van der Waals surface area contributed by atoms with Crippen LogP contribution in [-0.2, 0) is 4.79 Å². The fourth-order valence-electron chi connectivity index (χ4n) is 4.61. The van der Waals surface area contributed by atoms with Crippen molar-refractivity contribution in [1.82, 2.24) is 0 Å². The molecule has 1 atom stereocenters. The number of unbranched alkanes of at least 4 members (excludes halogenated alkanes) is 3. The van der Waals surface area contributed by atoms with Gasteiger partial charge in [-0.15, -0.1) is 0 Å². The smallest absolute Gasteiger partial charge is 0.349 e. The van der Waals surface area contributed by atoms with Gasteiger partial charge < -0.3 is 29.4 Å². The number of carbonyl (C=O) groups excluding carboxylic acids is 1. The first-order valence-corrected chi connectivity index (χ1v) is 13.8. The fraction of sp³-hybridized carbons (Fsp3) is 0.312. The lowest BCUT2D eigenvalue weighted by molar-refractivity contribution is -0.136. The number of rotatable bonds is 12. The molecule has 3 aromatic rings. The molecule has 4 rings (SSSR count). The third-order valence-electron chi connectivity index (χ3n) is 6.68. The monoisotopic (exact) mass is 576 g/mol. The van der Waals surface area contributed by atoms with Crippen LogP contribution in [0.3, 0.4) is 0 Å². The number of halogens is 1. The van der Waals surface area contributed by atoms with Gasteiger partial charge in [-0.2, -0.15) is 5.26 Å². The van der Waals surface area contributed by atoms with Gasteiger partial charge >= 0.3 is 5.97 Å². The first kappa shape index (κ1) is 29.6. The number of ether oxygens (including phenoxy) is 5. The van der Waals surface area contributed by atoms with Crippen LogP contribution in [0.5, 0.6) is 28.7 Å². The summed E-state index contributed by atoms with van der Waals surface area (Å²) >= 11 is 5.98. The second kappa shape index (κ2) is 13.8. The van der Waals surface area contributed by atoms with Crippen LogP contribution in [0.4, 0.5) is 0 Å². The maximum Gasteiger partial charge on any atom is 0.349 e. The summed E-state index contributed by atoms with van der Waals surface area (Å²) in [5, 5.41) is 10.5. The Morgan fingerprint density at radius 3 is 2.56 bits per heavy atom. The van der Waals surface area contributed by atoms with Crippen molar-refractivity contribution in [2.75, 3.05) is 20.3 Å². The molecule has 1 unspecified atom stereocenters. The average Bonchev–Trinajstić information content (AvgIpc) is 2.96. The zero-order valence-electron chi connectivity index (χ0n) is 23.4. The van der Waals surface area contributed by atoms with E-state index in [0.29, 0.717) is 40.2 Å². The van der Waals surface area contributed by atoms with Gasteiger partial charge in [0.25, 0.3) is 0 Å². The molecule has 0 bridgehead atoms. The second-order valence-corrected chi connectivity index (χ2v) is 10.1. The van der Waals surface area contributed by atoms with Gasteiger partial charge in [-0.05, 0) is 60.9 Å². The highest BCUT2D eigenvalue weighted by Crippen LogP contribution is 2.45. The number of carbonyl (C=O) groups is 1. The van der Waals surface area contributed by atoms with Crippen LogP contribution >= 0.6 is 11.6 Å². The Balaban J connectivity index is 1.52. The van der Waals surface area contributed by atoms with Crippen molar-refractivity contribution in [3.63, 3.8) is 0 Å². The average molecular weight is 577 g/mol. The van der Waals surface area contributed by atoms with E-state index in [-0.39, 0.29) is 23.8 Å². The number of nitrogens with two attached hydrogens (primary N) is 1. The van der Waals surface area contributed by atoms with Crippen LogP contribution < -0.4 is 29.4 Å². The molecule has 1 heterocycles. The van der Waals surface area contributed by atoms with E-state index < -0.39 is 11.9 Å². The quantitative estimate of drug-likeness (QED) is 0.142. The molecule has 0 saturated heterocycles. The van der Waals surface area contributed by atoms with Crippen LogP contribution in [0.1, 0.15) is 55.2 Å². The molecule has 0 amide bonds. The lowest BCUT2D eigenvalue weighted by atomic mass is 9.83. The number of hydrogen-bond acceptors (Lipinski definition) is 8. The summed E-state index contributed by atoms with van der Waals surface area (Å²) in [7, 11) is 1.58. The molecule has 2 N–H and O–H groups in total. The van der Waals surface area contributed by atoms with Crippen molar-refractivity contribution in [3.05, 3.63) is 87.8 Å². The Bertz CT molecular complexity index is 1480. The number of benzene rings is 3. The van der Waals surface area contributed by atoms with Gasteiger partial charge in [-0.25, -0.2) is 4.79 Å². The molecule has 41 heavy (non-hydrogen) atoms. The summed E-state index contributed by atoms with van der Waals surface area (Å²) in [6.45, 7) is 4.30. The third-order valence-corrected chi connectivity index (χ3v) is 6.92. The van der Waals surface area contributed by atoms with E-state index in [2.05, 4.69) is 13.0 Å². The topological polar surface area (TPSA) is 113 Å². The molecule has 1 aliphatic heterocycles. The number of nitrogens with zero attached hydrogens (tertiary/aromatic N) is 1. The minimum atomic E-state index is -0.595. The van der Waals surface area contributed by atoms with E-state index >= 15 is 0 Å². The normalized spacial score (nSPS) is 14.0. The zero-order valence-corrected chi connectivity index (χ0v) is 24.1. The van der Waals surface area contributed by atoms with Crippen molar-refractivity contribution in [2.24, 2.45) is 5.73 Å². The molecule has 0 fully saturated rings. The van der Waals surface area contributed by atoms with Crippen molar-refractivity contribution in [1.29, 1.82) is 5.26 Å². The molecule has 0 aromatic heterocycles. The summed E-state index contributed by atoms with van der Waals surface area (Å²) in [5.41, 5.74) is 8.71. The fourth-order valence-corrected chi connectivity index (χ4v) is 4.84. The molecule has 0 saturated carbocycles. The van der Waals surface area contributed by atoms with Crippen LogP contribution in [0.15, 0.2) is 66.1 Å². The van der Waals surface area contributed by atoms with E-state index in [9.17, 15) is 10.1 Å². The summed E-state index contributed by atoms with van der Waals surface area (Å²) < 4.78 is 28.4. The van der Waals surface area contributed by atoms with Gasteiger partial charge in [-0.1, -0.05) is 49.9 Å².